The molecule has 0 aliphatic carbocycles. The number of nitrogens with zero attached hydrogens (tertiary/aromatic N) is 2. The van der Waals surface area contributed by atoms with E-state index < -0.39 is 10.0 Å². The van der Waals surface area contributed by atoms with Crippen molar-refractivity contribution < 1.29 is 17.9 Å². The summed E-state index contributed by atoms with van der Waals surface area (Å²) in [6, 6.07) is 16.2. The van der Waals surface area contributed by atoms with Gasteiger partial charge in [-0.05, 0) is 55.0 Å². The number of rotatable bonds is 8. The lowest BCUT2D eigenvalue weighted by atomic mass is 10.1. The zero-order valence-electron chi connectivity index (χ0n) is 17.2. The second-order valence-corrected chi connectivity index (χ2v) is 8.98. The Kier molecular flexibility index (Phi) is 6.59. The Morgan fingerprint density at radius 1 is 1.07 bits per heavy atom. The fourth-order valence-electron chi connectivity index (χ4n) is 2.94. The highest BCUT2D eigenvalue weighted by Gasteiger charge is 2.23. The third kappa shape index (κ3) is 4.90. The van der Waals surface area contributed by atoms with Crippen LogP contribution < -0.4 is 10.1 Å². The molecule has 0 aliphatic heterocycles. The maximum absolute atomic E-state index is 12.6. The van der Waals surface area contributed by atoms with E-state index in [1.165, 1.54) is 20.2 Å². The maximum Gasteiger partial charge on any atom is 0.246 e. The van der Waals surface area contributed by atoms with Crippen molar-refractivity contribution >= 4 is 21.6 Å². The Morgan fingerprint density at radius 2 is 1.73 bits per heavy atom. The monoisotopic (exact) mass is 427 g/mol. The zero-order valence-corrected chi connectivity index (χ0v) is 18.0. The molecule has 3 aromatic rings. The summed E-state index contributed by atoms with van der Waals surface area (Å²) in [6.45, 7) is 2.12. The van der Waals surface area contributed by atoms with Crippen molar-refractivity contribution in [1.82, 2.24) is 8.87 Å². The molecule has 0 bridgehead atoms. The van der Waals surface area contributed by atoms with Gasteiger partial charge in [0.15, 0.2) is 0 Å². The maximum atomic E-state index is 12.6. The van der Waals surface area contributed by atoms with Gasteiger partial charge in [0.1, 0.15) is 10.6 Å². The second kappa shape index (κ2) is 9.15. The molecule has 8 heteroatoms. The fourth-order valence-corrected chi connectivity index (χ4v) is 3.99. The van der Waals surface area contributed by atoms with Crippen molar-refractivity contribution in [3.8, 4) is 11.4 Å². The molecule has 30 heavy (non-hydrogen) atoms. The molecule has 0 atom stereocenters. The summed E-state index contributed by atoms with van der Waals surface area (Å²) in [4.78, 5) is 12.5. The highest BCUT2D eigenvalue weighted by molar-refractivity contribution is 7.89. The van der Waals surface area contributed by atoms with Gasteiger partial charge in [0.05, 0.1) is 13.0 Å². The van der Waals surface area contributed by atoms with Gasteiger partial charge in [-0.2, -0.15) is 0 Å². The third-order valence-corrected chi connectivity index (χ3v) is 6.33. The third-order valence-electron chi connectivity index (χ3n) is 4.49. The van der Waals surface area contributed by atoms with Gasteiger partial charge in [-0.15, -0.1) is 0 Å². The molecule has 0 radical (unpaired) electrons. The van der Waals surface area contributed by atoms with Gasteiger partial charge in [0.25, 0.3) is 0 Å². The molecule has 1 amide bonds. The summed E-state index contributed by atoms with van der Waals surface area (Å²) < 4.78 is 33.8. The topological polar surface area (TPSA) is 80.6 Å². The van der Waals surface area contributed by atoms with Gasteiger partial charge < -0.3 is 14.6 Å². The van der Waals surface area contributed by atoms with Crippen LogP contribution in [0.2, 0.25) is 0 Å². The molecule has 1 aromatic heterocycles. The first-order valence-electron chi connectivity index (χ1n) is 9.53. The molecule has 1 heterocycles. The normalized spacial score (nSPS) is 11.5. The Hall–Kier alpha value is -3.10. The molecule has 0 saturated heterocycles. The molecule has 1 N–H and O–H groups in total. The molecule has 0 saturated carbocycles. The zero-order chi connectivity index (χ0) is 21.7. The summed E-state index contributed by atoms with van der Waals surface area (Å²) in [5.74, 6) is 0.0193. The summed E-state index contributed by atoms with van der Waals surface area (Å²) >= 11 is 0. The van der Waals surface area contributed by atoms with E-state index in [4.69, 9.17) is 4.74 Å². The van der Waals surface area contributed by atoms with Crippen molar-refractivity contribution in [2.24, 2.45) is 0 Å². The van der Waals surface area contributed by atoms with E-state index in [0.29, 0.717) is 12.3 Å². The van der Waals surface area contributed by atoms with Gasteiger partial charge in [-0.1, -0.05) is 12.1 Å². The first kappa shape index (κ1) is 21.6. The highest BCUT2D eigenvalue weighted by atomic mass is 32.2. The van der Waals surface area contributed by atoms with E-state index in [1.54, 1.807) is 19.1 Å². The standard InChI is InChI=1S/C22H25N3O4S/c1-4-29-20-12-9-18(16-21(20)30(27,28)24(2)3)23-22(26)15-17-7-10-19(11-8-17)25-13-5-6-14-25/h5-14,16H,4,15H2,1-3H3,(H,23,26). The van der Waals surface area contributed by atoms with E-state index in [1.807, 2.05) is 53.4 Å². The number of carbonyl (C=O) groups is 1. The number of amides is 1. The number of hydrogen-bond acceptors (Lipinski definition) is 4. The SMILES string of the molecule is CCOc1ccc(NC(=O)Cc2ccc(-n3cccc3)cc2)cc1S(=O)(=O)N(C)C. The number of nitrogens with one attached hydrogen (secondary N) is 1. The molecule has 0 unspecified atom stereocenters. The molecular formula is C22H25N3O4S. The lowest BCUT2D eigenvalue weighted by molar-refractivity contribution is -0.115. The van der Waals surface area contributed by atoms with Gasteiger partial charge >= 0.3 is 0 Å². The predicted molar refractivity (Wildman–Crippen MR) is 117 cm³/mol. The summed E-state index contributed by atoms with van der Waals surface area (Å²) in [6.07, 6.45) is 4.08. The molecule has 7 nitrogen and oxygen atoms in total. The van der Waals surface area contributed by atoms with Crippen LogP contribution in [0.1, 0.15) is 12.5 Å². The first-order chi connectivity index (χ1) is 14.3. The average Bonchev–Trinajstić information content (AvgIpc) is 3.24. The molecular weight excluding hydrogens is 402 g/mol. The van der Waals surface area contributed by atoms with E-state index in [9.17, 15) is 13.2 Å². The van der Waals surface area contributed by atoms with Crippen LogP contribution in [0.5, 0.6) is 5.75 Å². The smallest absolute Gasteiger partial charge is 0.246 e. The lowest BCUT2D eigenvalue weighted by Crippen LogP contribution is -2.23. The minimum Gasteiger partial charge on any atom is -0.492 e. The molecule has 0 spiro atoms. The highest BCUT2D eigenvalue weighted by Crippen LogP contribution is 2.29. The predicted octanol–water partition coefficient (Wildman–Crippen LogP) is 3.31. The average molecular weight is 428 g/mol. The number of carbonyl (C=O) groups excluding carboxylic acids is 1. The van der Waals surface area contributed by atoms with Crippen LogP contribution in [-0.4, -0.2) is 43.9 Å². The minimum absolute atomic E-state index is 0.0169. The van der Waals surface area contributed by atoms with Crippen molar-refractivity contribution in [1.29, 1.82) is 0 Å². The summed E-state index contributed by atoms with van der Waals surface area (Å²) in [7, 11) is -0.814. The van der Waals surface area contributed by atoms with Crippen LogP contribution in [0.15, 0.2) is 71.9 Å². The molecule has 158 valence electrons. The fraction of sp³-hybridized carbons (Fsp3) is 0.227. The number of ether oxygens (including phenoxy) is 1. The Balaban J connectivity index is 1.75. The van der Waals surface area contributed by atoms with Crippen LogP contribution >= 0.6 is 0 Å². The number of anilines is 1. The van der Waals surface area contributed by atoms with E-state index in [0.717, 1.165) is 15.6 Å². The quantitative estimate of drug-likeness (QED) is 0.598. The Labute approximate surface area is 176 Å². The summed E-state index contributed by atoms with van der Waals surface area (Å²) in [5.41, 5.74) is 2.26. The van der Waals surface area contributed by atoms with Crippen molar-refractivity contribution in [2.45, 2.75) is 18.2 Å². The largest absolute Gasteiger partial charge is 0.492 e. The molecule has 3 rings (SSSR count). The van der Waals surface area contributed by atoms with Crippen LogP contribution in [0.3, 0.4) is 0 Å². The van der Waals surface area contributed by atoms with Crippen LogP contribution in [0.4, 0.5) is 5.69 Å². The van der Waals surface area contributed by atoms with E-state index in [-0.39, 0.29) is 23.0 Å². The minimum atomic E-state index is -3.72. The van der Waals surface area contributed by atoms with E-state index in [2.05, 4.69) is 5.32 Å². The number of hydrogen-bond donors (Lipinski definition) is 1. The molecule has 2 aromatic carbocycles. The molecule has 0 aliphatic rings. The number of benzene rings is 2. The van der Waals surface area contributed by atoms with E-state index >= 15 is 0 Å². The molecule has 0 fully saturated rings. The Morgan fingerprint density at radius 3 is 2.33 bits per heavy atom. The van der Waals surface area contributed by atoms with Crippen LogP contribution in [-0.2, 0) is 21.2 Å². The number of sulfonamides is 1. The van der Waals surface area contributed by atoms with Gasteiger partial charge in [-0.3, -0.25) is 4.79 Å². The van der Waals surface area contributed by atoms with Crippen LogP contribution in [0, 0.1) is 0 Å². The second-order valence-electron chi connectivity index (χ2n) is 6.86. The summed E-state index contributed by atoms with van der Waals surface area (Å²) in [5, 5.41) is 2.77. The Bertz CT molecular complexity index is 1110. The number of aromatic nitrogens is 1. The van der Waals surface area contributed by atoms with Gasteiger partial charge in [0, 0.05) is 37.9 Å². The first-order valence-corrected chi connectivity index (χ1v) is 11.0. The van der Waals surface area contributed by atoms with Crippen molar-refractivity contribution in [3.05, 3.63) is 72.6 Å². The lowest BCUT2D eigenvalue weighted by Gasteiger charge is -2.16. The van der Waals surface area contributed by atoms with Crippen molar-refractivity contribution in [3.63, 3.8) is 0 Å². The van der Waals surface area contributed by atoms with Crippen LogP contribution in [0.25, 0.3) is 5.69 Å². The van der Waals surface area contributed by atoms with Gasteiger partial charge in [0.2, 0.25) is 15.9 Å². The van der Waals surface area contributed by atoms with Gasteiger partial charge in [-0.25, -0.2) is 12.7 Å². The van der Waals surface area contributed by atoms with Crippen molar-refractivity contribution in [2.75, 3.05) is 26.0 Å².